The van der Waals surface area contributed by atoms with Gasteiger partial charge in [0.2, 0.25) is 0 Å². The summed E-state index contributed by atoms with van der Waals surface area (Å²) >= 11 is 0. The minimum atomic E-state index is -0.241. The van der Waals surface area contributed by atoms with Gasteiger partial charge in [-0.25, -0.2) is 0 Å². The van der Waals surface area contributed by atoms with Crippen LogP contribution in [0.3, 0.4) is 0 Å². The van der Waals surface area contributed by atoms with E-state index in [1.165, 1.54) is 7.11 Å². The number of aliphatic hydroxyl groups is 1. The van der Waals surface area contributed by atoms with Gasteiger partial charge >= 0.3 is 0 Å². The van der Waals surface area contributed by atoms with Gasteiger partial charge in [-0.05, 0) is 38.1 Å². The molecule has 0 saturated carbocycles. The molecular formula is C15H19N3O3. The molecule has 0 saturated heterocycles. The van der Waals surface area contributed by atoms with E-state index in [4.69, 9.17) is 4.74 Å². The van der Waals surface area contributed by atoms with Crippen LogP contribution in [0.1, 0.15) is 35.9 Å². The molecule has 0 aliphatic heterocycles. The van der Waals surface area contributed by atoms with Crippen molar-refractivity contribution in [3.05, 3.63) is 41.7 Å². The summed E-state index contributed by atoms with van der Waals surface area (Å²) < 4.78 is 6.79. The number of nitrogens with zero attached hydrogens (tertiary/aromatic N) is 2. The van der Waals surface area contributed by atoms with E-state index in [1.54, 1.807) is 35.1 Å². The van der Waals surface area contributed by atoms with Crippen LogP contribution in [0.25, 0.3) is 0 Å². The lowest BCUT2D eigenvalue weighted by molar-refractivity contribution is 0.101. The molecule has 1 heterocycles. The Morgan fingerprint density at radius 1 is 1.43 bits per heavy atom. The van der Waals surface area contributed by atoms with Crippen molar-refractivity contribution in [2.75, 3.05) is 12.4 Å². The molecule has 0 spiro atoms. The van der Waals surface area contributed by atoms with Crippen LogP contribution in [-0.2, 0) is 6.61 Å². The smallest absolute Gasteiger partial charge is 0.273 e. The fourth-order valence-electron chi connectivity index (χ4n) is 2.08. The molecule has 2 rings (SSSR count). The molecule has 6 heteroatoms. The summed E-state index contributed by atoms with van der Waals surface area (Å²) in [4.78, 5) is 12.3. The summed E-state index contributed by atoms with van der Waals surface area (Å²) in [5.41, 5.74) is 1.71. The Morgan fingerprint density at radius 2 is 2.19 bits per heavy atom. The predicted octanol–water partition coefficient (Wildman–Crippen LogP) is 2.22. The van der Waals surface area contributed by atoms with Gasteiger partial charge in [-0.2, -0.15) is 5.10 Å². The van der Waals surface area contributed by atoms with Gasteiger partial charge in [0.05, 0.1) is 13.7 Å². The van der Waals surface area contributed by atoms with E-state index in [1.807, 2.05) is 13.8 Å². The maximum atomic E-state index is 12.3. The van der Waals surface area contributed by atoms with Crippen molar-refractivity contribution in [1.29, 1.82) is 0 Å². The third-order valence-electron chi connectivity index (χ3n) is 3.10. The third kappa shape index (κ3) is 3.22. The van der Waals surface area contributed by atoms with Crippen molar-refractivity contribution in [3.8, 4) is 5.75 Å². The largest absolute Gasteiger partial charge is 0.496 e. The Balaban J connectivity index is 2.21. The maximum Gasteiger partial charge on any atom is 0.273 e. The molecular weight excluding hydrogens is 270 g/mol. The number of methoxy groups -OCH3 is 1. The molecule has 0 aliphatic rings. The highest BCUT2D eigenvalue weighted by molar-refractivity contribution is 6.03. The predicted molar refractivity (Wildman–Crippen MR) is 79.5 cm³/mol. The molecule has 21 heavy (non-hydrogen) atoms. The lowest BCUT2D eigenvalue weighted by atomic mass is 10.2. The van der Waals surface area contributed by atoms with Crippen molar-refractivity contribution < 1.29 is 14.6 Å². The van der Waals surface area contributed by atoms with Crippen LogP contribution >= 0.6 is 0 Å². The van der Waals surface area contributed by atoms with Crippen molar-refractivity contribution in [1.82, 2.24) is 9.78 Å². The number of nitrogens with one attached hydrogen (secondary N) is 1. The van der Waals surface area contributed by atoms with Gasteiger partial charge < -0.3 is 15.2 Å². The fourth-order valence-corrected chi connectivity index (χ4v) is 2.08. The average Bonchev–Trinajstić information content (AvgIpc) is 2.96. The van der Waals surface area contributed by atoms with Crippen molar-refractivity contribution in [2.24, 2.45) is 0 Å². The zero-order valence-electron chi connectivity index (χ0n) is 12.3. The first-order valence-corrected chi connectivity index (χ1v) is 6.69. The van der Waals surface area contributed by atoms with Gasteiger partial charge in [0.1, 0.15) is 11.4 Å². The van der Waals surface area contributed by atoms with Crippen LogP contribution in [0.15, 0.2) is 30.5 Å². The van der Waals surface area contributed by atoms with Crippen LogP contribution in [0, 0.1) is 0 Å². The second-order valence-electron chi connectivity index (χ2n) is 4.89. The number of carbonyl (C=O) groups is 1. The molecule has 1 amide bonds. The molecule has 0 bridgehead atoms. The molecule has 1 aromatic carbocycles. The zero-order valence-corrected chi connectivity index (χ0v) is 12.3. The third-order valence-corrected chi connectivity index (χ3v) is 3.10. The number of aliphatic hydroxyl groups excluding tert-OH is 1. The summed E-state index contributed by atoms with van der Waals surface area (Å²) in [7, 11) is 1.54. The SMILES string of the molecule is COc1ccc(NC(=O)c2ccnn2C(C)C)cc1CO. The molecule has 0 atom stereocenters. The summed E-state index contributed by atoms with van der Waals surface area (Å²) in [5, 5.41) is 16.2. The van der Waals surface area contributed by atoms with Crippen molar-refractivity contribution >= 4 is 11.6 Å². The van der Waals surface area contributed by atoms with E-state index in [2.05, 4.69) is 10.4 Å². The highest BCUT2D eigenvalue weighted by Gasteiger charge is 2.14. The lowest BCUT2D eigenvalue weighted by Gasteiger charge is -2.12. The topological polar surface area (TPSA) is 76.4 Å². The number of amides is 1. The molecule has 1 aromatic heterocycles. The van der Waals surface area contributed by atoms with E-state index in [0.717, 1.165) is 0 Å². The standard InChI is InChI=1S/C15H19N3O3/c1-10(2)18-13(6-7-16-18)15(20)17-12-4-5-14(21-3)11(8-12)9-19/h4-8,10,19H,9H2,1-3H3,(H,17,20). The van der Waals surface area contributed by atoms with Crippen molar-refractivity contribution in [2.45, 2.75) is 26.5 Å². The number of ether oxygens (including phenoxy) is 1. The first-order valence-electron chi connectivity index (χ1n) is 6.69. The van der Waals surface area contributed by atoms with E-state index in [-0.39, 0.29) is 18.6 Å². The van der Waals surface area contributed by atoms with Gasteiger partial charge in [-0.15, -0.1) is 0 Å². The molecule has 2 aromatic rings. The second-order valence-corrected chi connectivity index (χ2v) is 4.89. The second kappa shape index (κ2) is 6.41. The monoisotopic (exact) mass is 289 g/mol. The Labute approximate surface area is 123 Å². The van der Waals surface area contributed by atoms with Gasteiger partial charge in [-0.3, -0.25) is 9.48 Å². The normalized spacial score (nSPS) is 10.7. The molecule has 6 nitrogen and oxygen atoms in total. The van der Waals surface area contributed by atoms with Gasteiger partial charge in [0, 0.05) is 23.5 Å². The van der Waals surface area contributed by atoms with Crippen molar-refractivity contribution in [3.63, 3.8) is 0 Å². The number of rotatable bonds is 5. The highest BCUT2D eigenvalue weighted by Crippen LogP contribution is 2.23. The number of anilines is 1. The molecule has 0 aliphatic carbocycles. The number of benzene rings is 1. The number of hydrogen-bond donors (Lipinski definition) is 2. The van der Waals surface area contributed by atoms with E-state index < -0.39 is 0 Å². The summed E-state index contributed by atoms with van der Waals surface area (Å²) in [6, 6.07) is 6.90. The summed E-state index contributed by atoms with van der Waals surface area (Å²) in [6.07, 6.45) is 1.60. The minimum Gasteiger partial charge on any atom is -0.496 e. The van der Waals surface area contributed by atoms with E-state index >= 15 is 0 Å². The minimum absolute atomic E-state index is 0.102. The van der Waals surface area contributed by atoms with Gasteiger partial charge in [0.15, 0.2) is 0 Å². The Hall–Kier alpha value is -2.34. The van der Waals surface area contributed by atoms with Crippen LogP contribution in [-0.4, -0.2) is 27.9 Å². The number of aromatic nitrogens is 2. The van der Waals surface area contributed by atoms with Crippen LogP contribution in [0.4, 0.5) is 5.69 Å². The van der Waals surface area contributed by atoms with Gasteiger partial charge in [0.25, 0.3) is 5.91 Å². The van der Waals surface area contributed by atoms with Crippen LogP contribution < -0.4 is 10.1 Å². The number of carbonyl (C=O) groups excluding carboxylic acids is 1. The first kappa shape index (κ1) is 15.1. The van der Waals surface area contributed by atoms with Gasteiger partial charge in [-0.1, -0.05) is 0 Å². The summed E-state index contributed by atoms with van der Waals surface area (Å²) in [5.74, 6) is 0.345. The maximum absolute atomic E-state index is 12.3. The van der Waals surface area contributed by atoms with E-state index in [9.17, 15) is 9.90 Å². The first-order chi connectivity index (χ1) is 10.1. The molecule has 2 N–H and O–H groups in total. The fraction of sp³-hybridized carbons (Fsp3) is 0.333. The Morgan fingerprint density at radius 3 is 2.81 bits per heavy atom. The highest BCUT2D eigenvalue weighted by atomic mass is 16.5. The zero-order chi connectivity index (χ0) is 15.4. The lowest BCUT2D eigenvalue weighted by Crippen LogP contribution is -2.19. The molecule has 112 valence electrons. The summed E-state index contributed by atoms with van der Waals surface area (Å²) in [6.45, 7) is 3.76. The van der Waals surface area contributed by atoms with Crippen LogP contribution in [0.5, 0.6) is 5.75 Å². The Kier molecular flexibility index (Phi) is 4.59. The van der Waals surface area contributed by atoms with E-state index in [0.29, 0.717) is 22.7 Å². The molecule has 0 radical (unpaired) electrons. The number of hydrogen-bond acceptors (Lipinski definition) is 4. The molecule has 0 fully saturated rings. The Bertz CT molecular complexity index is 635. The van der Waals surface area contributed by atoms with Crippen LogP contribution in [0.2, 0.25) is 0 Å². The molecule has 0 unspecified atom stereocenters. The average molecular weight is 289 g/mol. The quantitative estimate of drug-likeness (QED) is 0.885.